The van der Waals surface area contributed by atoms with E-state index in [1.807, 2.05) is 0 Å². The molecule has 0 unspecified atom stereocenters. The molecular formula is C8H6N2O6. The van der Waals surface area contributed by atoms with Crippen LogP contribution in [-0.2, 0) is 4.79 Å². The molecule has 0 aromatic carbocycles. The Hall–Kier alpha value is -2.51. The number of Topliss-reactive ketones (excluding diaryl/α,β-unsaturated/α-hetero) is 1. The van der Waals surface area contributed by atoms with Crippen molar-refractivity contribution in [1.29, 1.82) is 0 Å². The molecule has 0 amide bonds. The number of ketones is 1. The Labute approximate surface area is 88.5 Å². The molecule has 1 heterocycles. The van der Waals surface area contributed by atoms with Crippen LogP contribution in [0.4, 0.5) is 5.88 Å². The van der Waals surface area contributed by atoms with Gasteiger partial charge in [-0.1, -0.05) is 0 Å². The summed E-state index contributed by atoms with van der Waals surface area (Å²) in [5.41, 5.74) is -0.691. The minimum atomic E-state index is -0.878. The van der Waals surface area contributed by atoms with E-state index < -0.39 is 27.2 Å². The Bertz CT molecular complexity index is 470. The number of allylic oxidation sites excluding steroid dienone is 1. The number of carbonyl (C=O) groups excluding carboxylic acids is 1. The molecule has 0 radical (unpaired) electrons. The van der Waals surface area contributed by atoms with Gasteiger partial charge in [0, 0.05) is 6.92 Å². The fourth-order valence-corrected chi connectivity index (χ4v) is 0.936. The molecule has 16 heavy (non-hydrogen) atoms. The van der Waals surface area contributed by atoms with E-state index in [-0.39, 0.29) is 5.76 Å². The molecule has 0 saturated carbocycles. The second-order valence-corrected chi connectivity index (χ2v) is 2.78. The van der Waals surface area contributed by atoms with Crippen molar-refractivity contribution < 1.29 is 19.1 Å². The predicted octanol–water partition coefficient (Wildman–Crippen LogP) is 1.39. The van der Waals surface area contributed by atoms with Crippen LogP contribution < -0.4 is 0 Å². The first-order chi connectivity index (χ1) is 7.41. The molecule has 0 aliphatic carbocycles. The third-order valence-corrected chi connectivity index (χ3v) is 1.63. The van der Waals surface area contributed by atoms with Crippen LogP contribution in [0.1, 0.15) is 12.7 Å². The molecule has 1 aromatic heterocycles. The molecule has 0 atom stereocenters. The van der Waals surface area contributed by atoms with Crippen LogP contribution in [0, 0.1) is 20.2 Å². The van der Waals surface area contributed by atoms with E-state index >= 15 is 0 Å². The summed E-state index contributed by atoms with van der Waals surface area (Å²) in [6.45, 7) is 1.02. The highest BCUT2D eigenvalue weighted by molar-refractivity contribution is 5.94. The third-order valence-electron chi connectivity index (χ3n) is 1.63. The topological polar surface area (TPSA) is 116 Å². The van der Waals surface area contributed by atoms with Gasteiger partial charge in [0.15, 0.2) is 0 Å². The van der Waals surface area contributed by atoms with Gasteiger partial charge in [-0.05, 0) is 6.07 Å². The van der Waals surface area contributed by atoms with Crippen LogP contribution >= 0.6 is 0 Å². The summed E-state index contributed by atoms with van der Waals surface area (Å²) in [5.74, 6) is -1.42. The average Bonchev–Trinajstić information content (AvgIpc) is 2.61. The SMILES string of the molecule is CC(=O)C(=Cc1ccc([N+](=O)[O-])o1)[N+](=O)[O-]. The lowest BCUT2D eigenvalue weighted by Crippen LogP contribution is -2.06. The van der Waals surface area contributed by atoms with Gasteiger partial charge in [0.1, 0.15) is 10.7 Å². The molecule has 84 valence electrons. The maximum absolute atomic E-state index is 10.8. The number of carbonyl (C=O) groups is 1. The van der Waals surface area contributed by atoms with E-state index in [0.717, 1.165) is 19.1 Å². The van der Waals surface area contributed by atoms with Gasteiger partial charge in [-0.25, -0.2) is 0 Å². The molecule has 0 saturated heterocycles. The Kier molecular flexibility index (Phi) is 3.14. The zero-order valence-electron chi connectivity index (χ0n) is 8.08. The van der Waals surface area contributed by atoms with Crippen molar-refractivity contribution in [2.24, 2.45) is 0 Å². The van der Waals surface area contributed by atoms with Crippen molar-refractivity contribution in [2.45, 2.75) is 6.92 Å². The highest BCUT2D eigenvalue weighted by Gasteiger charge is 2.19. The van der Waals surface area contributed by atoms with E-state index in [1.54, 1.807) is 0 Å². The maximum atomic E-state index is 10.8. The molecule has 1 aromatic rings. The number of rotatable bonds is 4. The first-order valence-corrected chi connectivity index (χ1v) is 4.03. The molecule has 0 aliphatic heterocycles. The molecule has 0 aliphatic rings. The molecule has 1 rings (SSSR count). The standard InChI is InChI=1S/C8H6N2O6/c1-5(11)7(9(12)13)4-6-2-3-8(16-6)10(14)15/h2-4H,1H3. The molecule has 0 fully saturated rings. The van der Waals surface area contributed by atoms with Gasteiger partial charge in [0.05, 0.1) is 17.1 Å². The molecule has 0 N–H and O–H groups in total. The summed E-state index contributed by atoms with van der Waals surface area (Å²) in [4.78, 5) is 29.9. The van der Waals surface area contributed by atoms with Gasteiger partial charge < -0.3 is 4.42 Å². The molecular weight excluding hydrogens is 220 g/mol. The van der Waals surface area contributed by atoms with Crippen LogP contribution in [0.25, 0.3) is 6.08 Å². The smallest absolute Gasteiger partial charge is 0.401 e. The number of nitrogens with zero attached hydrogens (tertiary/aromatic N) is 2. The molecule has 0 spiro atoms. The zero-order chi connectivity index (χ0) is 12.3. The van der Waals surface area contributed by atoms with Crippen molar-refractivity contribution >= 4 is 17.7 Å². The van der Waals surface area contributed by atoms with Crippen LogP contribution in [0.15, 0.2) is 22.2 Å². The van der Waals surface area contributed by atoms with Gasteiger partial charge >= 0.3 is 11.6 Å². The van der Waals surface area contributed by atoms with Gasteiger partial charge in [-0.15, -0.1) is 0 Å². The Balaban J connectivity index is 3.09. The Morgan fingerprint density at radius 2 is 2.00 bits per heavy atom. The lowest BCUT2D eigenvalue weighted by atomic mass is 10.3. The number of hydrogen-bond acceptors (Lipinski definition) is 6. The highest BCUT2D eigenvalue weighted by Crippen LogP contribution is 2.18. The summed E-state index contributed by atoms with van der Waals surface area (Å²) in [6.07, 6.45) is 0.843. The van der Waals surface area contributed by atoms with Gasteiger partial charge in [0.25, 0.3) is 0 Å². The average molecular weight is 226 g/mol. The highest BCUT2D eigenvalue weighted by atomic mass is 16.6. The van der Waals surface area contributed by atoms with Crippen molar-refractivity contribution in [3.05, 3.63) is 43.8 Å². The largest absolute Gasteiger partial charge is 0.433 e. The number of furan rings is 1. The maximum Gasteiger partial charge on any atom is 0.433 e. The lowest BCUT2D eigenvalue weighted by Gasteiger charge is -1.90. The zero-order valence-corrected chi connectivity index (χ0v) is 8.08. The van der Waals surface area contributed by atoms with E-state index in [0.29, 0.717) is 0 Å². The van der Waals surface area contributed by atoms with Crippen LogP contribution in [-0.4, -0.2) is 15.6 Å². The summed E-state index contributed by atoms with van der Waals surface area (Å²) >= 11 is 0. The summed E-state index contributed by atoms with van der Waals surface area (Å²) < 4.78 is 4.64. The first-order valence-electron chi connectivity index (χ1n) is 4.03. The quantitative estimate of drug-likeness (QED) is 0.435. The van der Waals surface area contributed by atoms with E-state index in [1.165, 1.54) is 6.07 Å². The summed E-state index contributed by atoms with van der Waals surface area (Å²) in [7, 11) is 0. The Morgan fingerprint density at radius 3 is 2.38 bits per heavy atom. The minimum Gasteiger partial charge on any atom is -0.401 e. The summed E-state index contributed by atoms with van der Waals surface area (Å²) in [6, 6.07) is 2.22. The van der Waals surface area contributed by atoms with E-state index in [4.69, 9.17) is 0 Å². The van der Waals surface area contributed by atoms with Gasteiger partial charge in [0.2, 0.25) is 5.78 Å². The van der Waals surface area contributed by atoms with Crippen LogP contribution in [0.5, 0.6) is 0 Å². The monoisotopic (exact) mass is 226 g/mol. The fourth-order valence-electron chi connectivity index (χ4n) is 0.936. The molecule has 0 bridgehead atoms. The Morgan fingerprint density at radius 1 is 1.38 bits per heavy atom. The van der Waals surface area contributed by atoms with Crippen LogP contribution in [0.3, 0.4) is 0 Å². The minimum absolute atomic E-state index is 0.117. The molecule has 8 nitrogen and oxygen atoms in total. The van der Waals surface area contributed by atoms with Crippen molar-refractivity contribution in [1.82, 2.24) is 0 Å². The van der Waals surface area contributed by atoms with Crippen LogP contribution in [0.2, 0.25) is 0 Å². The molecule has 8 heteroatoms. The van der Waals surface area contributed by atoms with Crippen molar-refractivity contribution in [2.75, 3.05) is 0 Å². The second kappa shape index (κ2) is 4.34. The normalized spacial score (nSPS) is 11.2. The lowest BCUT2D eigenvalue weighted by molar-refractivity contribution is -0.417. The van der Waals surface area contributed by atoms with Crippen molar-refractivity contribution in [3.8, 4) is 0 Å². The first kappa shape index (κ1) is 11.6. The van der Waals surface area contributed by atoms with Gasteiger partial charge in [-0.3, -0.25) is 25.0 Å². The number of hydrogen-bond donors (Lipinski definition) is 0. The van der Waals surface area contributed by atoms with Crippen molar-refractivity contribution in [3.63, 3.8) is 0 Å². The summed E-state index contributed by atoms with van der Waals surface area (Å²) in [5, 5.41) is 20.7. The fraction of sp³-hybridized carbons (Fsp3) is 0.125. The van der Waals surface area contributed by atoms with E-state index in [9.17, 15) is 25.0 Å². The van der Waals surface area contributed by atoms with Gasteiger partial charge in [-0.2, -0.15) is 0 Å². The second-order valence-electron chi connectivity index (χ2n) is 2.78. The predicted molar refractivity (Wildman–Crippen MR) is 51.0 cm³/mol. The van der Waals surface area contributed by atoms with E-state index in [2.05, 4.69) is 4.42 Å². The third kappa shape index (κ3) is 2.50. The number of nitro groups is 2.